The first-order valence-corrected chi connectivity index (χ1v) is 13.8. The van der Waals surface area contributed by atoms with E-state index in [9.17, 15) is 5.11 Å². The van der Waals surface area contributed by atoms with Crippen LogP contribution in [0.4, 0.5) is 0 Å². The predicted molar refractivity (Wildman–Crippen MR) is 48.8 cm³/mol. The van der Waals surface area contributed by atoms with Crippen molar-refractivity contribution in [2.24, 2.45) is 0 Å². The molecule has 60 valence electrons. The molecule has 0 amide bonds. The van der Waals surface area contributed by atoms with Gasteiger partial charge in [-0.1, -0.05) is 0 Å². The molecule has 0 rings (SSSR count). The quantitative estimate of drug-likeness (QED) is 0.743. The normalized spacial score (nSPS) is 14.6. The van der Waals surface area contributed by atoms with Gasteiger partial charge in [0.2, 0.25) is 0 Å². The second-order valence-electron chi connectivity index (χ2n) is 4.35. The topological polar surface area (TPSA) is 20.2 Å². The zero-order chi connectivity index (χ0) is 8.41. The molecular weight excluding hydrogens is 231 g/mol. The van der Waals surface area contributed by atoms with Gasteiger partial charge in [0, 0.05) is 0 Å². The fourth-order valence-electron chi connectivity index (χ4n) is 0.454. The van der Waals surface area contributed by atoms with E-state index in [2.05, 4.69) is 18.9 Å². The number of rotatable bonds is 2. The maximum atomic E-state index is 9.33. The molecule has 2 heteroatoms. The van der Waals surface area contributed by atoms with Crippen LogP contribution in [-0.2, 0) is 0 Å². The molecule has 0 unspecified atom stereocenters. The van der Waals surface area contributed by atoms with Crippen molar-refractivity contribution in [3.8, 4) is 0 Å². The Morgan fingerprint density at radius 1 is 1.20 bits per heavy atom. The van der Waals surface area contributed by atoms with Crippen LogP contribution in [0.3, 0.4) is 0 Å². The first kappa shape index (κ1) is 10.5. The molecule has 0 saturated carbocycles. The van der Waals surface area contributed by atoms with Crippen molar-refractivity contribution in [2.45, 2.75) is 34.3 Å². The zero-order valence-electron chi connectivity index (χ0n) is 7.60. The summed E-state index contributed by atoms with van der Waals surface area (Å²) in [5.74, 6) is 0. The Balaban J connectivity index is 4.01. The van der Waals surface area contributed by atoms with E-state index in [4.69, 9.17) is 0 Å². The summed E-state index contributed by atoms with van der Waals surface area (Å²) in [6.45, 7) is 3.61. The van der Waals surface area contributed by atoms with Gasteiger partial charge in [0.25, 0.3) is 0 Å². The van der Waals surface area contributed by atoms with Gasteiger partial charge in [-0.3, -0.25) is 0 Å². The van der Waals surface area contributed by atoms with E-state index in [1.807, 2.05) is 6.08 Å². The Morgan fingerprint density at radius 3 is 1.70 bits per heavy atom. The summed E-state index contributed by atoms with van der Waals surface area (Å²) in [6, 6.07) is 0. The predicted octanol–water partition coefficient (Wildman–Crippen LogP) is 2.19. The van der Waals surface area contributed by atoms with Gasteiger partial charge in [-0.15, -0.1) is 0 Å². The average molecular weight is 249 g/mol. The van der Waals surface area contributed by atoms with Crippen LogP contribution >= 0.6 is 0 Å². The molecule has 0 saturated heterocycles. The minimum atomic E-state index is -1.76. The number of hydrogen-bond donors (Lipinski definition) is 1. The van der Waals surface area contributed by atoms with Crippen LogP contribution in [0.2, 0.25) is 14.8 Å². The summed E-state index contributed by atoms with van der Waals surface area (Å²) in [5.41, 5.74) is -0.621. The summed E-state index contributed by atoms with van der Waals surface area (Å²) in [7, 11) is 0. The number of aliphatic hydroxyl groups is 1. The van der Waals surface area contributed by atoms with E-state index in [-0.39, 0.29) is 0 Å². The average Bonchev–Trinajstić information content (AvgIpc) is 1.57. The molecule has 0 bridgehead atoms. The Morgan fingerprint density at radius 2 is 1.60 bits per heavy atom. The third-order valence-corrected chi connectivity index (χ3v) is 4.32. The van der Waals surface area contributed by atoms with Gasteiger partial charge in [-0.2, -0.15) is 0 Å². The summed E-state index contributed by atoms with van der Waals surface area (Å²) in [5, 5.41) is 9.33. The second kappa shape index (κ2) is 3.26. The molecular formula is C8H18OSn. The molecule has 10 heavy (non-hydrogen) atoms. The first-order valence-electron chi connectivity index (χ1n) is 3.63. The van der Waals surface area contributed by atoms with Gasteiger partial charge in [-0.25, -0.2) is 0 Å². The number of hydrogen-bond acceptors (Lipinski definition) is 1. The van der Waals surface area contributed by atoms with Crippen molar-refractivity contribution in [1.29, 1.82) is 0 Å². The molecule has 0 spiro atoms. The third kappa shape index (κ3) is 8.50. The SMILES string of the molecule is CC(C)(O)/C=[CH]/[Sn]([CH3])([CH3])[CH3]. The van der Waals surface area contributed by atoms with Crippen LogP contribution in [0.1, 0.15) is 13.8 Å². The van der Waals surface area contributed by atoms with Gasteiger partial charge in [0.15, 0.2) is 0 Å². The molecule has 1 N–H and O–H groups in total. The van der Waals surface area contributed by atoms with Gasteiger partial charge in [0.05, 0.1) is 0 Å². The van der Waals surface area contributed by atoms with Crippen LogP contribution in [0, 0.1) is 0 Å². The van der Waals surface area contributed by atoms with E-state index in [0.717, 1.165) is 0 Å². The molecule has 1 nitrogen and oxygen atoms in total. The van der Waals surface area contributed by atoms with E-state index in [1.54, 1.807) is 13.8 Å². The van der Waals surface area contributed by atoms with Crippen molar-refractivity contribution < 1.29 is 5.11 Å². The van der Waals surface area contributed by atoms with E-state index >= 15 is 0 Å². The van der Waals surface area contributed by atoms with E-state index in [1.165, 1.54) is 0 Å². The fourth-order valence-corrected chi connectivity index (χ4v) is 3.05. The minimum absolute atomic E-state index is 0.621. The van der Waals surface area contributed by atoms with Crippen molar-refractivity contribution in [1.82, 2.24) is 0 Å². The Bertz CT molecular complexity index is 109. The first-order chi connectivity index (χ1) is 4.21. The molecule has 0 heterocycles. The van der Waals surface area contributed by atoms with E-state index < -0.39 is 24.0 Å². The molecule has 0 aromatic rings. The zero-order valence-corrected chi connectivity index (χ0v) is 10.5. The Hall–Kier alpha value is 0.499. The van der Waals surface area contributed by atoms with Crippen molar-refractivity contribution in [3.05, 3.63) is 10.2 Å². The van der Waals surface area contributed by atoms with Crippen LogP contribution < -0.4 is 0 Å². The molecule has 0 fully saturated rings. The van der Waals surface area contributed by atoms with Crippen LogP contribution in [-0.4, -0.2) is 29.1 Å². The molecule has 0 aromatic carbocycles. The van der Waals surface area contributed by atoms with Crippen LogP contribution in [0.15, 0.2) is 10.2 Å². The summed E-state index contributed by atoms with van der Waals surface area (Å²) < 4.78 is 2.23. The van der Waals surface area contributed by atoms with E-state index in [0.29, 0.717) is 0 Å². The van der Waals surface area contributed by atoms with Gasteiger partial charge < -0.3 is 0 Å². The van der Waals surface area contributed by atoms with Crippen LogP contribution in [0.25, 0.3) is 0 Å². The Labute approximate surface area is 68.0 Å². The monoisotopic (exact) mass is 250 g/mol. The molecule has 0 atom stereocenters. The molecule has 0 radical (unpaired) electrons. The van der Waals surface area contributed by atoms with Gasteiger partial charge in [0.1, 0.15) is 0 Å². The fraction of sp³-hybridized carbons (Fsp3) is 0.750. The molecule has 0 aliphatic carbocycles. The second-order valence-corrected chi connectivity index (χ2v) is 18.8. The van der Waals surface area contributed by atoms with Crippen molar-refractivity contribution in [2.75, 3.05) is 0 Å². The summed E-state index contributed by atoms with van der Waals surface area (Å²) in [4.78, 5) is 6.95. The third-order valence-electron chi connectivity index (χ3n) is 0.991. The molecule has 0 aliphatic heterocycles. The van der Waals surface area contributed by atoms with Crippen molar-refractivity contribution >= 4 is 18.4 Å². The maximum absolute atomic E-state index is 9.33. The Kier molecular flexibility index (Phi) is 3.43. The summed E-state index contributed by atoms with van der Waals surface area (Å²) >= 11 is -1.76. The van der Waals surface area contributed by atoms with Crippen molar-refractivity contribution in [3.63, 3.8) is 0 Å². The van der Waals surface area contributed by atoms with Gasteiger partial charge >= 0.3 is 67.9 Å². The molecule has 0 aromatic heterocycles. The standard InChI is InChI=1S/C5H9O.3CH3.Sn/c1-4-5(2,3)6;;;;/h1,4,6H,2-3H3;3*1H3;. The molecule has 0 aliphatic rings. The van der Waals surface area contributed by atoms with Crippen LogP contribution in [0.5, 0.6) is 0 Å². The van der Waals surface area contributed by atoms with Gasteiger partial charge in [-0.05, 0) is 0 Å². The summed E-state index contributed by atoms with van der Waals surface area (Å²) in [6.07, 6.45) is 1.92.